The lowest BCUT2D eigenvalue weighted by Gasteiger charge is -2.07. The molecule has 0 saturated heterocycles. The number of hydrogen-bond donors (Lipinski definition) is 0. The zero-order valence-electron chi connectivity index (χ0n) is 10.2. The molecule has 1 heterocycles. The summed E-state index contributed by atoms with van der Waals surface area (Å²) in [5.41, 5.74) is 2.59. The van der Waals surface area contributed by atoms with Crippen molar-refractivity contribution < 1.29 is 9.18 Å². The van der Waals surface area contributed by atoms with Crippen LogP contribution in [-0.4, -0.2) is 10.9 Å². The Kier molecular flexibility index (Phi) is 2.88. The maximum Gasteiger partial charge on any atom is 0.152 e. The first-order chi connectivity index (χ1) is 9.28. The molecule has 3 rings (SSSR count). The number of aromatic nitrogens is 1. The molecule has 0 spiro atoms. The largest absolute Gasteiger partial charge is 0.342 e. The normalized spacial score (nSPS) is 10.8. The maximum atomic E-state index is 12.9. The zero-order valence-corrected chi connectivity index (χ0v) is 10.2. The van der Waals surface area contributed by atoms with Gasteiger partial charge in [0.15, 0.2) is 6.29 Å². The van der Waals surface area contributed by atoms with Crippen LogP contribution in [0.15, 0.2) is 54.7 Å². The lowest BCUT2D eigenvalue weighted by Crippen LogP contribution is -2.00. The summed E-state index contributed by atoms with van der Waals surface area (Å²) in [5.74, 6) is -0.241. The Bertz CT molecular complexity index is 728. The molecule has 0 N–H and O–H groups in total. The zero-order chi connectivity index (χ0) is 13.2. The number of fused-ring (bicyclic) bond motifs is 1. The van der Waals surface area contributed by atoms with Crippen LogP contribution in [0.3, 0.4) is 0 Å². The first-order valence-electron chi connectivity index (χ1n) is 6.05. The van der Waals surface area contributed by atoms with Crippen molar-refractivity contribution in [2.24, 2.45) is 0 Å². The van der Waals surface area contributed by atoms with Crippen LogP contribution >= 0.6 is 0 Å². The van der Waals surface area contributed by atoms with E-state index in [2.05, 4.69) is 0 Å². The van der Waals surface area contributed by atoms with E-state index >= 15 is 0 Å². The minimum absolute atomic E-state index is 0.241. The summed E-state index contributed by atoms with van der Waals surface area (Å²) in [7, 11) is 0. The van der Waals surface area contributed by atoms with Gasteiger partial charge in [-0.3, -0.25) is 4.79 Å². The van der Waals surface area contributed by atoms with E-state index in [0.717, 1.165) is 22.8 Å². The molecular formula is C16H12FNO. The topological polar surface area (TPSA) is 22.0 Å². The fraction of sp³-hybridized carbons (Fsp3) is 0.0625. The van der Waals surface area contributed by atoms with Crippen molar-refractivity contribution in [1.82, 2.24) is 4.57 Å². The van der Waals surface area contributed by atoms with Gasteiger partial charge >= 0.3 is 0 Å². The number of carbonyl (C=O) groups excluding carboxylic acids is 1. The minimum Gasteiger partial charge on any atom is -0.342 e. The molecule has 0 atom stereocenters. The summed E-state index contributed by atoms with van der Waals surface area (Å²) in [6.07, 6.45) is 2.81. The van der Waals surface area contributed by atoms with E-state index in [9.17, 15) is 9.18 Å². The summed E-state index contributed by atoms with van der Waals surface area (Å²) >= 11 is 0. The fourth-order valence-corrected chi connectivity index (χ4v) is 2.30. The number of halogens is 1. The van der Waals surface area contributed by atoms with E-state index in [1.165, 1.54) is 12.1 Å². The van der Waals surface area contributed by atoms with Crippen molar-refractivity contribution in [3.63, 3.8) is 0 Å². The van der Waals surface area contributed by atoms with Crippen molar-refractivity contribution in [2.45, 2.75) is 6.54 Å². The number of benzene rings is 2. The second-order valence-electron chi connectivity index (χ2n) is 4.47. The van der Waals surface area contributed by atoms with Crippen LogP contribution in [0.25, 0.3) is 10.9 Å². The SMILES string of the molecule is O=Cc1cccc2ccn(Cc3ccc(F)cc3)c12. The molecule has 1 aromatic heterocycles. The lowest BCUT2D eigenvalue weighted by atomic mass is 10.1. The second-order valence-corrected chi connectivity index (χ2v) is 4.47. The first kappa shape index (κ1) is 11.7. The van der Waals surface area contributed by atoms with Crippen LogP contribution in [0.2, 0.25) is 0 Å². The highest BCUT2D eigenvalue weighted by molar-refractivity contribution is 5.96. The maximum absolute atomic E-state index is 12.9. The number of carbonyl (C=O) groups is 1. The molecule has 3 heteroatoms. The summed E-state index contributed by atoms with van der Waals surface area (Å²) < 4.78 is 14.9. The molecule has 0 aliphatic carbocycles. The van der Waals surface area contributed by atoms with Gasteiger partial charge in [-0.15, -0.1) is 0 Å². The van der Waals surface area contributed by atoms with Crippen LogP contribution in [0, 0.1) is 5.82 Å². The van der Waals surface area contributed by atoms with E-state index in [4.69, 9.17) is 0 Å². The fourth-order valence-electron chi connectivity index (χ4n) is 2.30. The molecular weight excluding hydrogens is 241 g/mol. The summed E-state index contributed by atoms with van der Waals surface area (Å²) in [5, 5.41) is 1.03. The quantitative estimate of drug-likeness (QED) is 0.653. The molecule has 0 aliphatic heterocycles. The molecule has 0 amide bonds. The Morgan fingerprint density at radius 2 is 1.84 bits per heavy atom. The van der Waals surface area contributed by atoms with Gasteiger partial charge in [-0.25, -0.2) is 4.39 Å². The molecule has 0 saturated carbocycles. The average Bonchev–Trinajstić information content (AvgIpc) is 2.85. The third kappa shape index (κ3) is 2.15. The number of para-hydroxylation sites is 1. The van der Waals surface area contributed by atoms with Gasteiger partial charge in [0.2, 0.25) is 0 Å². The van der Waals surface area contributed by atoms with Gasteiger partial charge in [0, 0.05) is 23.7 Å². The van der Waals surface area contributed by atoms with Crippen LogP contribution < -0.4 is 0 Å². The van der Waals surface area contributed by atoms with Crippen molar-refractivity contribution in [3.8, 4) is 0 Å². The standard InChI is InChI=1S/C16H12FNO/c17-15-6-4-12(5-7-15)10-18-9-8-13-2-1-3-14(11-19)16(13)18/h1-9,11H,10H2. The van der Waals surface area contributed by atoms with E-state index in [0.29, 0.717) is 12.1 Å². The summed E-state index contributed by atoms with van der Waals surface area (Å²) in [6, 6.07) is 14.0. The number of nitrogens with zero attached hydrogens (tertiary/aromatic N) is 1. The number of aldehydes is 1. The molecule has 19 heavy (non-hydrogen) atoms. The van der Waals surface area contributed by atoms with Crippen molar-refractivity contribution >= 4 is 17.2 Å². The minimum atomic E-state index is -0.241. The Balaban J connectivity index is 2.05. The summed E-state index contributed by atoms with van der Waals surface area (Å²) in [4.78, 5) is 11.1. The summed E-state index contributed by atoms with van der Waals surface area (Å²) in [6.45, 7) is 0.620. The monoisotopic (exact) mass is 253 g/mol. The number of hydrogen-bond acceptors (Lipinski definition) is 1. The van der Waals surface area contributed by atoms with Gasteiger partial charge in [-0.2, -0.15) is 0 Å². The van der Waals surface area contributed by atoms with Gasteiger partial charge in [-0.05, 0) is 29.8 Å². The molecule has 2 aromatic carbocycles. The Hall–Kier alpha value is -2.42. The van der Waals surface area contributed by atoms with Crippen LogP contribution in [0.4, 0.5) is 4.39 Å². The highest BCUT2D eigenvalue weighted by Gasteiger charge is 2.06. The second kappa shape index (κ2) is 4.69. The smallest absolute Gasteiger partial charge is 0.152 e. The first-order valence-corrected chi connectivity index (χ1v) is 6.05. The van der Waals surface area contributed by atoms with Gasteiger partial charge < -0.3 is 4.57 Å². The molecule has 0 radical (unpaired) electrons. The van der Waals surface area contributed by atoms with Crippen molar-refractivity contribution in [2.75, 3.05) is 0 Å². The predicted octanol–water partition coefficient (Wildman–Crippen LogP) is 3.64. The molecule has 2 nitrogen and oxygen atoms in total. The van der Waals surface area contributed by atoms with Gasteiger partial charge in [-0.1, -0.05) is 24.3 Å². The average molecular weight is 253 g/mol. The van der Waals surface area contributed by atoms with E-state index in [1.807, 2.05) is 29.0 Å². The Morgan fingerprint density at radius 1 is 1.05 bits per heavy atom. The molecule has 0 aliphatic rings. The van der Waals surface area contributed by atoms with Gasteiger partial charge in [0.25, 0.3) is 0 Å². The highest BCUT2D eigenvalue weighted by atomic mass is 19.1. The highest BCUT2D eigenvalue weighted by Crippen LogP contribution is 2.20. The molecule has 0 fully saturated rings. The van der Waals surface area contributed by atoms with E-state index in [-0.39, 0.29) is 5.82 Å². The van der Waals surface area contributed by atoms with Crippen molar-refractivity contribution in [3.05, 3.63) is 71.7 Å². The van der Waals surface area contributed by atoms with Gasteiger partial charge in [0.05, 0.1) is 5.52 Å². The molecule has 3 aromatic rings. The Labute approximate surface area is 110 Å². The lowest BCUT2D eigenvalue weighted by molar-refractivity contribution is 0.112. The van der Waals surface area contributed by atoms with Gasteiger partial charge in [0.1, 0.15) is 5.82 Å². The third-order valence-corrected chi connectivity index (χ3v) is 3.21. The van der Waals surface area contributed by atoms with Crippen LogP contribution in [0.1, 0.15) is 15.9 Å². The Morgan fingerprint density at radius 3 is 2.58 bits per heavy atom. The van der Waals surface area contributed by atoms with Crippen LogP contribution in [-0.2, 0) is 6.54 Å². The van der Waals surface area contributed by atoms with Crippen molar-refractivity contribution in [1.29, 1.82) is 0 Å². The van der Waals surface area contributed by atoms with Crippen LogP contribution in [0.5, 0.6) is 0 Å². The molecule has 0 unspecified atom stereocenters. The third-order valence-electron chi connectivity index (χ3n) is 3.21. The number of rotatable bonds is 3. The molecule has 94 valence electrons. The van der Waals surface area contributed by atoms with E-state index < -0.39 is 0 Å². The van der Waals surface area contributed by atoms with E-state index in [1.54, 1.807) is 18.2 Å². The predicted molar refractivity (Wildman–Crippen MR) is 72.8 cm³/mol. The molecule has 0 bridgehead atoms.